The van der Waals surface area contributed by atoms with Crippen LogP contribution in [0.4, 0.5) is 0 Å². The molecule has 0 N–H and O–H groups in total. The summed E-state index contributed by atoms with van der Waals surface area (Å²) in [6, 6.07) is 0. The third-order valence-electron chi connectivity index (χ3n) is 2.85. The average Bonchev–Trinajstić information content (AvgIpc) is 2.21. The molecule has 0 aliphatic heterocycles. The molecule has 0 radical (unpaired) electrons. The van der Waals surface area contributed by atoms with Crippen LogP contribution in [-0.4, -0.2) is 0 Å². The molecule has 0 fully saturated rings. The molecule has 16 heavy (non-hydrogen) atoms. The maximum absolute atomic E-state index is 3.86. The van der Waals surface area contributed by atoms with Gasteiger partial charge in [0.2, 0.25) is 0 Å². The van der Waals surface area contributed by atoms with E-state index in [9.17, 15) is 0 Å². The van der Waals surface area contributed by atoms with Crippen LogP contribution in [0.5, 0.6) is 0 Å². The van der Waals surface area contributed by atoms with Crippen LogP contribution < -0.4 is 0 Å². The predicted octanol–water partition coefficient (Wildman–Crippen LogP) is 5.52. The number of hydrogen-bond donors (Lipinski definition) is 0. The smallest absolute Gasteiger partial charge is 0 e. The topological polar surface area (TPSA) is 0 Å². The molecule has 0 saturated heterocycles. The molecule has 0 amide bonds. The standard InChI is InChI=1S/C14H29.2Zn/c1-3-5-7-9-11-13-14-12-10-8-6-4-2;;/h1,3-14H2,2H3;;/q-1;;. The van der Waals surface area contributed by atoms with Gasteiger partial charge in [0.15, 0.2) is 0 Å². The zero-order valence-corrected chi connectivity index (χ0v) is 17.5. The van der Waals surface area contributed by atoms with Gasteiger partial charge in [-0.25, -0.2) is 0 Å². The molecule has 2 heteroatoms. The fraction of sp³-hybridized carbons (Fsp3) is 0.929. The van der Waals surface area contributed by atoms with Crippen molar-refractivity contribution in [2.24, 2.45) is 0 Å². The summed E-state index contributed by atoms with van der Waals surface area (Å²) in [6.07, 6.45) is 16.9. The van der Waals surface area contributed by atoms with Crippen molar-refractivity contribution in [1.29, 1.82) is 0 Å². The zero-order chi connectivity index (χ0) is 10.5. The molecule has 0 spiro atoms. The van der Waals surface area contributed by atoms with E-state index in [0.717, 1.165) is 6.42 Å². The second-order valence-corrected chi connectivity index (χ2v) is 4.39. The van der Waals surface area contributed by atoms with Gasteiger partial charge < -0.3 is 6.92 Å². The van der Waals surface area contributed by atoms with Crippen molar-refractivity contribution in [3.63, 3.8) is 0 Å². The molecule has 0 bridgehead atoms. The molecule has 0 unspecified atom stereocenters. The molecular formula is C14H29Zn2-. The minimum atomic E-state index is 0. The number of hydrogen-bond acceptors (Lipinski definition) is 0. The summed E-state index contributed by atoms with van der Waals surface area (Å²) in [7, 11) is 0. The Labute approximate surface area is 129 Å². The first-order chi connectivity index (χ1) is 6.91. The molecule has 0 atom stereocenters. The summed E-state index contributed by atoms with van der Waals surface area (Å²) < 4.78 is 0. The van der Waals surface area contributed by atoms with Crippen molar-refractivity contribution in [2.45, 2.75) is 84.0 Å². The first kappa shape index (κ1) is 22.4. The third kappa shape index (κ3) is 20.6. The summed E-state index contributed by atoms with van der Waals surface area (Å²) in [4.78, 5) is 0. The van der Waals surface area contributed by atoms with Crippen molar-refractivity contribution in [3.05, 3.63) is 6.92 Å². The Balaban J connectivity index is -0.000000845. The normalized spacial score (nSPS) is 9.38. The summed E-state index contributed by atoms with van der Waals surface area (Å²) >= 11 is 0. The molecule has 0 aromatic carbocycles. The molecular weight excluding hydrogens is 299 g/mol. The van der Waals surface area contributed by atoms with Crippen molar-refractivity contribution in [1.82, 2.24) is 0 Å². The second-order valence-electron chi connectivity index (χ2n) is 4.39. The minimum Gasteiger partial charge on any atom is -0.343 e. The van der Waals surface area contributed by atoms with Crippen LogP contribution in [0, 0.1) is 6.92 Å². The van der Waals surface area contributed by atoms with Crippen molar-refractivity contribution in [2.75, 3.05) is 0 Å². The zero-order valence-electron chi connectivity index (χ0n) is 11.6. The van der Waals surface area contributed by atoms with E-state index in [0.29, 0.717) is 0 Å². The third-order valence-corrected chi connectivity index (χ3v) is 2.85. The maximum Gasteiger partial charge on any atom is 0 e. The number of unbranched alkanes of at least 4 members (excludes halogenated alkanes) is 11. The summed E-state index contributed by atoms with van der Waals surface area (Å²) in [5.74, 6) is 0. The number of rotatable bonds is 11. The molecule has 0 aliphatic carbocycles. The first-order valence-electron chi connectivity index (χ1n) is 6.71. The van der Waals surface area contributed by atoms with Gasteiger partial charge in [0, 0.05) is 39.0 Å². The second kappa shape index (κ2) is 21.5. The van der Waals surface area contributed by atoms with E-state index in [4.69, 9.17) is 0 Å². The van der Waals surface area contributed by atoms with Crippen LogP contribution in [0.25, 0.3) is 0 Å². The SMILES string of the molecule is [CH2-]CCCCCCCCCCCCC.[Zn].[Zn]. The Hall–Kier alpha value is 1.25. The van der Waals surface area contributed by atoms with E-state index in [-0.39, 0.29) is 39.0 Å². The van der Waals surface area contributed by atoms with Gasteiger partial charge >= 0.3 is 0 Å². The minimum absolute atomic E-state index is 0. The fourth-order valence-corrected chi connectivity index (χ4v) is 1.84. The van der Waals surface area contributed by atoms with Crippen LogP contribution in [-0.2, 0) is 39.0 Å². The van der Waals surface area contributed by atoms with Crippen molar-refractivity contribution < 1.29 is 39.0 Å². The molecule has 0 aromatic heterocycles. The Morgan fingerprint density at radius 1 is 0.562 bits per heavy atom. The molecule has 0 saturated carbocycles. The van der Waals surface area contributed by atoms with Crippen LogP contribution >= 0.6 is 0 Å². The molecule has 0 nitrogen and oxygen atoms in total. The monoisotopic (exact) mass is 325 g/mol. The largest absolute Gasteiger partial charge is 0.343 e. The summed E-state index contributed by atoms with van der Waals surface area (Å²) in [5.41, 5.74) is 0. The summed E-state index contributed by atoms with van der Waals surface area (Å²) in [6.45, 7) is 6.14. The van der Waals surface area contributed by atoms with Crippen molar-refractivity contribution in [3.8, 4) is 0 Å². The summed E-state index contributed by atoms with van der Waals surface area (Å²) in [5, 5.41) is 0. The van der Waals surface area contributed by atoms with Gasteiger partial charge in [0.1, 0.15) is 0 Å². The van der Waals surface area contributed by atoms with Gasteiger partial charge in [-0.3, -0.25) is 0 Å². The average molecular weight is 328 g/mol. The van der Waals surface area contributed by atoms with Gasteiger partial charge in [-0.1, -0.05) is 77.6 Å². The Bertz CT molecular complexity index is 82.7. The predicted molar refractivity (Wildman–Crippen MR) is 66.4 cm³/mol. The van der Waals surface area contributed by atoms with E-state index in [2.05, 4.69) is 13.8 Å². The molecule has 0 heterocycles. The van der Waals surface area contributed by atoms with E-state index in [1.54, 1.807) is 0 Å². The van der Waals surface area contributed by atoms with Crippen LogP contribution in [0.2, 0.25) is 0 Å². The van der Waals surface area contributed by atoms with E-state index >= 15 is 0 Å². The molecule has 90 valence electrons. The van der Waals surface area contributed by atoms with E-state index in [1.165, 1.54) is 70.6 Å². The van der Waals surface area contributed by atoms with Gasteiger partial charge in [-0.15, -0.1) is 0 Å². The van der Waals surface area contributed by atoms with Gasteiger partial charge in [-0.05, 0) is 0 Å². The molecule has 0 aliphatic rings. The Morgan fingerprint density at radius 3 is 1.19 bits per heavy atom. The van der Waals surface area contributed by atoms with Crippen LogP contribution in [0.3, 0.4) is 0 Å². The molecule has 0 rings (SSSR count). The Morgan fingerprint density at radius 2 is 0.875 bits per heavy atom. The van der Waals surface area contributed by atoms with E-state index in [1.807, 2.05) is 0 Å². The fourth-order valence-electron chi connectivity index (χ4n) is 1.84. The van der Waals surface area contributed by atoms with Crippen LogP contribution in [0.1, 0.15) is 84.0 Å². The molecule has 0 aromatic rings. The maximum atomic E-state index is 3.86. The van der Waals surface area contributed by atoms with E-state index < -0.39 is 0 Å². The van der Waals surface area contributed by atoms with Crippen molar-refractivity contribution >= 4 is 0 Å². The van der Waals surface area contributed by atoms with Gasteiger partial charge in [-0.2, -0.15) is 6.42 Å². The quantitative estimate of drug-likeness (QED) is 0.266. The Kier molecular flexibility index (Phi) is 30.2. The van der Waals surface area contributed by atoms with Gasteiger partial charge in [0.25, 0.3) is 0 Å². The van der Waals surface area contributed by atoms with Crippen LogP contribution in [0.15, 0.2) is 0 Å². The van der Waals surface area contributed by atoms with Gasteiger partial charge in [0.05, 0.1) is 0 Å². The first-order valence-corrected chi connectivity index (χ1v) is 6.71.